The van der Waals surface area contributed by atoms with Crippen molar-refractivity contribution in [3.63, 3.8) is 0 Å². The van der Waals surface area contributed by atoms with Crippen molar-refractivity contribution in [1.82, 2.24) is 12.7 Å². The van der Waals surface area contributed by atoms with Crippen molar-refractivity contribution < 1.29 is 9.90 Å². The summed E-state index contributed by atoms with van der Waals surface area (Å²) in [5.41, 5.74) is 0.888. The molecule has 1 fully saturated rings. The zero-order chi connectivity index (χ0) is 10.8. The van der Waals surface area contributed by atoms with Crippen molar-refractivity contribution in [3.05, 3.63) is 18.2 Å². The minimum absolute atomic E-state index is 0.0564. The second-order valence-electron chi connectivity index (χ2n) is 3.77. The number of hydrogen-bond donors (Lipinski definition) is 2. The van der Waals surface area contributed by atoms with Gasteiger partial charge in [-0.25, -0.2) is 0 Å². The van der Waals surface area contributed by atoms with Gasteiger partial charge in [-0.15, -0.1) is 0 Å². The van der Waals surface area contributed by atoms with Gasteiger partial charge >= 0.3 is 104 Å². The van der Waals surface area contributed by atoms with Crippen LogP contribution >= 0.6 is 0 Å². The number of rotatable bonds is 2. The predicted octanol–water partition coefficient (Wildman–Crippen LogP) is -1.15. The molecular formula is C9H12N3O2Tl. The summed E-state index contributed by atoms with van der Waals surface area (Å²) in [7, 11) is 0. The first kappa shape index (κ1) is 11.1. The van der Waals surface area contributed by atoms with Gasteiger partial charge in [0.05, 0.1) is 0 Å². The molecule has 78 valence electrons. The molecular weight excluding hydrogens is 387 g/mol. The van der Waals surface area contributed by atoms with Gasteiger partial charge in [-0.05, 0) is 0 Å². The number of nitrogens with zero attached hydrogens (tertiary/aromatic N) is 2. The van der Waals surface area contributed by atoms with Crippen LogP contribution in [0.25, 0.3) is 0 Å². The standard InChI is InChI=1S/C9H13N3O2.Tl/c13-8-1-2-11-9(14)7(8)3-6-4-10-5-12-6;/h4-5,7-8,13H,1-3H2,(H2,10,11,12,14);/q;+1/p-1. The van der Waals surface area contributed by atoms with Crippen LogP contribution < -0.4 is 5.32 Å². The minimum atomic E-state index is -0.527. The van der Waals surface area contributed by atoms with E-state index in [1.807, 2.05) is 8.57 Å². The number of carbonyl (C=O) groups is 1. The molecule has 0 spiro atoms. The summed E-state index contributed by atoms with van der Waals surface area (Å²) in [5, 5.41) is 12.5. The van der Waals surface area contributed by atoms with Gasteiger partial charge in [-0.2, -0.15) is 0 Å². The van der Waals surface area contributed by atoms with Crippen molar-refractivity contribution in [1.29, 1.82) is 0 Å². The van der Waals surface area contributed by atoms with Crippen LogP contribution in [-0.4, -0.2) is 57.1 Å². The first-order valence-electron chi connectivity index (χ1n) is 4.90. The van der Waals surface area contributed by atoms with Gasteiger partial charge in [0.2, 0.25) is 0 Å². The summed E-state index contributed by atoms with van der Waals surface area (Å²) >= 11 is 0.696. The average Bonchev–Trinajstić information content (AvgIpc) is 2.58. The van der Waals surface area contributed by atoms with Crippen molar-refractivity contribution in [3.8, 4) is 0 Å². The fourth-order valence-corrected chi connectivity index (χ4v) is 2.72. The molecule has 1 amide bonds. The van der Waals surface area contributed by atoms with E-state index in [9.17, 15) is 9.90 Å². The molecule has 5 nitrogen and oxygen atoms in total. The molecule has 1 aromatic heterocycles. The van der Waals surface area contributed by atoms with Gasteiger partial charge in [0, 0.05) is 0 Å². The molecule has 6 heteroatoms. The Bertz CT molecular complexity index is 366. The van der Waals surface area contributed by atoms with Gasteiger partial charge < -0.3 is 0 Å². The van der Waals surface area contributed by atoms with Crippen LogP contribution in [0.15, 0.2) is 12.5 Å². The summed E-state index contributed by atoms with van der Waals surface area (Å²) in [6.45, 7) is 0.576. The third kappa shape index (κ3) is 2.57. The third-order valence-corrected chi connectivity index (χ3v) is 3.72. The number of aliphatic hydroxyl groups excluding tert-OH is 1. The topological polar surface area (TPSA) is 67.2 Å². The summed E-state index contributed by atoms with van der Waals surface area (Å²) < 4.78 is 2.00. The summed E-state index contributed by atoms with van der Waals surface area (Å²) in [5.74, 6) is -0.391. The third-order valence-electron chi connectivity index (χ3n) is 2.62. The van der Waals surface area contributed by atoms with Gasteiger partial charge in [0.25, 0.3) is 0 Å². The molecule has 2 unspecified atom stereocenters. The van der Waals surface area contributed by atoms with Gasteiger partial charge in [-0.1, -0.05) is 0 Å². The summed E-state index contributed by atoms with van der Waals surface area (Å²) in [6.07, 6.45) is 4.36. The van der Waals surface area contributed by atoms with Crippen LogP contribution in [0, 0.1) is 5.92 Å². The predicted molar refractivity (Wildman–Crippen MR) is 54.2 cm³/mol. The van der Waals surface area contributed by atoms with Gasteiger partial charge in [0.15, 0.2) is 0 Å². The van der Waals surface area contributed by atoms with Crippen molar-refractivity contribution in [2.75, 3.05) is 6.54 Å². The van der Waals surface area contributed by atoms with Gasteiger partial charge in [-0.3, -0.25) is 0 Å². The normalized spacial score (nSPS) is 26.3. The molecule has 2 atom stereocenters. The van der Waals surface area contributed by atoms with E-state index in [1.165, 1.54) is 0 Å². The summed E-state index contributed by atoms with van der Waals surface area (Å²) in [6, 6.07) is 0. The number of aromatic nitrogens is 2. The molecule has 1 saturated heterocycles. The van der Waals surface area contributed by atoms with Crippen LogP contribution in [0.5, 0.6) is 0 Å². The maximum absolute atomic E-state index is 11.5. The first-order valence-corrected chi connectivity index (χ1v) is 6.91. The van der Waals surface area contributed by atoms with E-state index in [4.69, 9.17) is 0 Å². The second-order valence-corrected chi connectivity index (χ2v) is 6.09. The number of amides is 1. The molecule has 0 aromatic carbocycles. The fourth-order valence-electron chi connectivity index (χ4n) is 1.79. The average molecular weight is 399 g/mol. The molecule has 2 N–H and O–H groups in total. The Morgan fingerprint density at radius 1 is 1.73 bits per heavy atom. The Kier molecular flexibility index (Phi) is 3.39. The van der Waals surface area contributed by atoms with E-state index in [0.29, 0.717) is 45.5 Å². The molecule has 15 heavy (non-hydrogen) atoms. The SMILES string of the molecule is O=C1NCCC(O)C1Cc1c[n]([Tl])cn1. The van der Waals surface area contributed by atoms with E-state index in [2.05, 4.69) is 10.3 Å². The van der Waals surface area contributed by atoms with Crippen molar-refractivity contribution >= 4 is 32.0 Å². The Hall–Kier alpha value is -0.438. The van der Waals surface area contributed by atoms with Gasteiger partial charge in [0.1, 0.15) is 0 Å². The van der Waals surface area contributed by atoms with Crippen LogP contribution in [0.4, 0.5) is 0 Å². The van der Waals surface area contributed by atoms with E-state index in [1.54, 1.807) is 6.33 Å². The maximum atomic E-state index is 11.5. The Balaban J connectivity index is 2.06. The van der Waals surface area contributed by atoms with Crippen LogP contribution in [0.1, 0.15) is 12.1 Å². The molecule has 2 heterocycles. The quantitative estimate of drug-likeness (QED) is 0.619. The Morgan fingerprint density at radius 2 is 2.53 bits per heavy atom. The number of nitrogens with one attached hydrogen (secondary N) is 1. The van der Waals surface area contributed by atoms with Crippen LogP contribution in [-0.2, 0) is 11.2 Å². The molecule has 0 bridgehead atoms. The molecule has 1 aliphatic rings. The first-order chi connectivity index (χ1) is 7.16. The number of aliphatic hydroxyl groups is 1. The van der Waals surface area contributed by atoms with Crippen LogP contribution in [0.2, 0.25) is 0 Å². The number of imidazole rings is 1. The fraction of sp³-hybridized carbons (Fsp3) is 0.556. The molecule has 1 aromatic rings. The van der Waals surface area contributed by atoms with E-state index >= 15 is 0 Å². The van der Waals surface area contributed by atoms with E-state index < -0.39 is 6.10 Å². The van der Waals surface area contributed by atoms with Crippen molar-refractivity contribution in [2.24, 2.45) is 5.92 Å². The number of hydrogen-bond acceptors (Lipinski definition) is 3. The monoisotopic (exact) mass is 399 g/mol. The van der Waals surface area contributed by atoms with E-state index in [-0.39, 0.29) is 11.8 Å². The van der Waals surface area contributed by atoms with Crippen molar-refractivity contribution in [2.45, 2.75) is 18.9 Å². The Morgan fingerprint density at radius 3 is 3.13 bits per heavy atom. The molecule has 0 aliphatic carbocycles. The molecule has 2 rings (SSSR count). The zero-order valence-electron chi connectivity index (χ0n) is 8.26. The summed E-state index contributed by atoms with van der Waals surface area (Å²) in [4.78, 5) is 15.7. The van der Waals surface area contributed by atoms with Crippen LogP contribution in [0.3, 0.4) is 0 Å². The molecule has 0 radical (unpaired) electrons. The number of carbonyl (C=O) groups excluding carboxylic acids is 1. The second kappa shape index (κ2) is 4.60. The Labute approximate surface area is 104 Å². The molecule has 0 saturated carbocycles. The number of piperidine rings is 1. The zero-order valence-corrected chi connectivity index (χ0v) is 12.7. The van der Waals surface area contributed by atoms with E-state index in [0.717, 1.165) is 5.69 Å². The molecule has 1 aliphatic heterocycles.